The normalized spacial score (nSPS) is 11.0. The number of benzene rings is 3. The first-order valence-electron chi connectivity index (χ1n) is 8.37. The molecule has 4 rings (SSSR count). The van der Waals surface area contributed by atoms with Crippen LogP contribution in [0.4, 0.5) is 4.39 Å². The van der Waals surface area contributed by atoms with Crippen LogP contribution in [0, 0.1) is 5.82 Å². The third-order valence-corrected chi connectivity index (χ3v) is 5.05. The summed E-state index contributed by atoms with van der Waals surface area (Å²) in [7, 11) is 0. The van der Waals surface area contributed by atoms with Gasteiger partial charge in [-0.1, -0.05) is 41.4 Å². The molecule has 29 heavy (non-hydrogen) atoms. The number of nitrogens with zero attached hydrogens (tertiary/aromatic N) is 2. The monoisotopic (exact) mass is 428 g/mol. The summed E-state index contributed by atoms with van der Waals surface area (Å²) in [5.74, 6) is -2.13. The van der Waals surface area contributed by atoms with E-state index >= 15 is 0 Å². The second-order valence-corrected chi connectivity index (χ2v) is 7.02. The molecule has 0 atom stereocenters. The van der Waals surface area contributed by atoms with Crippen LogP contribution in [-0.2, 0) is 0 Å². The lowest BCUT2D eigenvalue weighted by Crippen LogP contribution is -2.14. The van der Waals surface area contributed by atoms with E-state index in [4.69, 9.17) is 28.3 Å². The van der Waals surface area contributed by atoms with Crippen LogP contribution in [0.2, 0.25) is 10.0 Å². The molecule has 0 radical (unpaired) electrons. The molecule has 0 aliphatic heterocycles. The number of fused-ring (bicyclic) bond motifs is 1. The lowest BCUT2D eigenvalue weighted by Gasteiger charge is -2.06. The van der Waals surface area contributed by atoms with Crippen molar-refractivity contribution in [2.45, 2.75) is 0 Å². The van der Waals surface area contributed by atoms with Crippen molar-refractivity contribution in [2.75, 3.05) is 0 Å². The first-order valence-corrected chi connectivity index (χ1v) is 9.13. The summed E-state index contributed by atoms with van der Waals surface area (Å²) in [6, 6.07) is 14.5. The molecule has 144 valence electrons. The van der Waals surface area contributed by atoms with E-state index in [0.29, 0.717) is 22.2 Å². The molecule has 0 saturated heterocycles. The van der Waals surface area contributed by atoms with E-state index in [-0.39, 0.29) is 21.2 Å². The van der Waals surface area contributed by atoms with E-state index in [1.165, 1.54) is 42.5 Å². The average molecular weight is 429 g/mol. The maximum Gasteiger partial charge on any atom is 0.335 e. The predicted octanol–water partition coefficient (Wildman–Crippen LogP) is 5.54. The SMILES string of the molecule is O=C(O)c1ccc(-c2nn(C(=O)c3c(Cl)cccc3Cl)c3ccc(F)cc23)cc1. The van der Waals surface area contributed by atoms with Gasteiger partial charge in [-0.25, -0.2) is 9.18 Å². The third-order valence-electron chi connectivity index (χ3n) is 4.42. The van der Waals surface area contributed by atoms with Crippen LogP contribution in [0.25, 0.3) is 22.2 Å². The highest BCUT2D eigenvalue weighted by Gasteiger charge is 2.22. The standard InChI is InChI=1S/C21H11Cl2FN2O3/c22-15-2-1-3-16(23)18(15)20(27)26-17-9-8-13(24)10-14(17)19(25-26)11-4-6-12(7-5-11)21(28)29/h1-10H,(H,28,29). The van der Waals surface area contributed by atoms with Gasteiger partial charge in [0.05, 0.1) is 26.7 Å². The number of aromatic nitrogens is 2. The van der Waals surface area contributed by atoms with Crippen molar-refractivity contribution in [1.82, 2.24) is 9.78 Å². The molecule has 8 heteroatoms. The Labute approximate surface area is 173 Å². The third kappa shape index (κ3) is 3.37. The summed E-state index contributed by atoms with van der Waals surface area (Å²) in [5.41, 5.74) is 1.40. The van der Waals surface area contributed by atoms with Gasteiger partial charge in [0.1, 0.15) is 11.5 Å². The highest BCUT2D eigenvalue weighted by molar-refractivity contribution is 6.40. The van der Waals surface area contributed by atoms with Crippen molar-refractivity contribution in [3.05, 3.63) is 87.7 Å². The van der Waals surface area contributed by atoms with Gasteiger partial charge >= 0.3 is 5.97 Å². The van der Waals surface area contributed by atoms with Gasteiger partial charge in [0, 0.05) is 10.9 Å². The Hall–Kier alpha value is -3.22. The topological polar surface area (TPSA) is 72.2 Å². The van der Waals surface area contributed by atoms with Gasteiger partial charge < -0.3 is 5.11 Å². The molecule has 0 bridgehead atoms. The second kappa shape index (κ2) is 7.31. The Morgan fingerprint density at radius 2 is 1.62 bits per heavy atom. The first kappa shape index (κ1) is 19.1. The molecule has 0 fully saturated rings. The number of hydrogen-bond acceptors (Lipinski definition) is 3. The molecular weight excluding hydrogens is 418 g/mol. The van der Waals surface area contributed by atoms with E-state index < -0.39 is 17.7 Å². The fourth-order valence-corrected chi connectivity index (χ4v) is 3.60. The minimum Gasteiger partial charge on any atom is -0.478 e. The van der Waals surface area contributed by atoms with Crippen molar-refractivity contribution < 1.29 is 19.1 Å². The Bertz CT molecular complexity index is 1260. The zero-order valence-electron chi connectivity index (χ0n) is 14.6. The van der Waals surface area contributed by atoms with Crippen molar-refractivity contribution in [1.29, 1.82) is 0 Å². The Balaban J connectivity index is 1.93. The molecule has 1 heterocycles. The number of hydrogen-bond donors (Lipinski definition) is 1. The van der Waals surface area contributed by atoms with Crippen LogP contribution in [0.1, 0.15) is 20.7 Å². The number of carbonyl (C=O) groups is 2. The molecule has 0 spiro atoms. The fraction of sp³-hybridized carbons (Fsp3) is 0. The zero-order valence-corrected chi connectivity index (χ0v) is 16.1. The van der Waals surface area contributed by atoms with Gasteiger partial charge in [-0.2, -0.15) is 9.78 Å². The molecule has 0 amide bonds. The van der Waals surface area contributed by atoms with Crippen LogP contribution in [0.15, 0.2) is 60.7 Å². The minimum atomic E-state index is -1.07. The maximum absolute atomic E-state index is 13.9. The van der Waals surface area contributed by atoms with Gasteiger partial charge in [0.15, 0.2) is 0 Å². The molecule has 0 unspecified atom stereocenters. The van der Waals surface area contributed by atoms with E-state index in [0.717, 1.165) is 4.68 Å². The van der Waals surface area contributed by atoms with E-state index in [1.54, 1.807) is 18.2 Å². The number of halogens is 3. The number of aromatic carboxylic acids is 1. The lowest BCUT2D eigenvalue weighted by molar-refractivity contribution is 0.0696. The largest absolute Gasteiger partial charge is 0.478 e. The maximum atomic E-state index is 13.9. The van der Waals surface area contributed by atoms with Gasteiger partial charge in [0.25, 0.3) is 5.91 Å². The number of carboxylic acid groups (broad SMARTS) is 1. The van der Waals surface area contributed by atoms with Crippen molar-refractivity contribution in [3.8, 4) is 11.3 Å². The molecule has 0 saturated carbocycles. The van der Waals surface area contributed by atoms with E-state index in [2.05, 4.69) is 5.10 Å². The lowest BCUT2D eigenvalue weighted by atomic mass is 10.1. The highest BCUT2D eigenvalue weighted by atomic mass is 35.5. The summed E-state index contributed by atoms with van der Waals surface area (Å²) in [5, 5.41) is 14.2. The molecule has 1 N–H and O–H groups in total. The van der Waals surface area contributed by atoms with Crippen LogP contribution in [0.3, 0.4) is 0 Å². The van der Waals surface area contributed by atoms with Crippen molar-refractivity contribution in [3.63, 3.8) is 0 Å². The Morgan fingerprint density at radius 1 is 0.966 bits per heavy atom. The van der Waals surface area contributed by atoms with Crippen molar-refractivity contribution in [2.24, 2.45) is 0 Å². The number of carboxylic acids is 1. The van der Waals surface area contributed by atoms with Crippen LogP contribution in [-0.4, -0.2) is 26.8 Å². The van der Waals surface area contributed by atoms with Gasteiger partial charge in [0.2, 0.25) is 0 Å². The fourth-order valence-electron chi connectivity index (χ4n) is 3.04. The van der Waals surface area contributed by atoms with Crippen LogP contribution >= 0.6 is 23.2 Å². The van der Waals surface area contributed by atoms with Crippen LogP contribution in [0.5, 0.6) is 0 Å². The van der Waals surface area contributed by atoms with Gasteiger partial charge in [-0.05, 0) is 42.5 Å². The molecule has 4 aromatic rings. The summed E-state index contributed by atoms with van der Waals surface area (Å²) in [4.78, 5) is 24.2. The average Bonchev–Trinajstić information content (AvgIpc) is 3.06. The first-order chi connectivity index (χ1) is 13.9. The predicted molar refractivity (Wildman–Crippen MR) is 108 cm³/mol. The van der Waals surface area contributed by atoms with Gasteiger partial charge in [-0.15, -0.1) is 0 Å². The summed E-state index contributed by atoms with van der Waals surface area (Å²) < 4.78 is 15.0. The van der Waals surface area contributed by atoms with Crippen molar-refractivity contribution >= 4 is 46.0 Å². The second-order valence-electron chi connectivity index (χ2n) is 6.21. The Kier molecular flexibility index (Phi) is 4.82. The number of carbonyl (C=O) groups excluding carboxylic acids is 1. The summed E-state index contributed by atoms with van der Waals surface area (Å²) >= 11 is 12.3. The Morgan fingerprint density at radius 3 is 2.24 bits per heavy atom. The van der Waals surface area contributed by atoms with Crippen LogP contribution < -0.4 is 0 Å². The molecule has 0 aliphatic carbocycles. The minimum absolute atomic E-state index is 0.0809. The van der Waals surface area contributed by atoms with E-state index in [9.17, 15) is 14.0 Å². The summed E-state index contributed by atoms with van der Waals surface area (Å²) in [6.07, 6.45) is 0. The molecular formula is C21H11Cl2FN2O3. The molecule has 5 nitrogen and oxygen atoms in total. The molecule has 3 aromatic carbocycles. The quantitative estimate of drug-likeness (QED) is 0.465. The smallest absolute Gasteiger partial charge is 0.335 e. The highest BCUT2D eigenvalue weighted by Crippen LogP contribution is 2.31. The summed E-state index contributed by atoms with van der Waals surface area (Å²) in [6.45, 7) is 0. The molecule has 0 aliphatic rings. The zero-order chi connectivity index (χ0) is 20.7. The molecule has 1 aromatic heterocycles. The van der Waals surface area contributed by atoms with E-state index in [1.807, 2.05) is 0 Å². The number of rotatable bonds is 3. The van der Waals surface area contributed by atoms with Gasteiger partial charge in [-0.3, -0.25) is 4.79 Å².